The van der Waals surface area contributed by atoms with Crippen LogP contribution in [0.3, 0.4) is 0 Å². The second-order valence-electron chi connectivity index (χ2n) is 6.47. The minimum Gasteiger partial charge on any atom is -0.496 e. The number of methoxy groups -OCH3 is 1. The number of carbonyl (C=O) groups is 1. The molecule has 7 heteroatoms. The van der Waals surface area contributed by atoms with Crippen LogP contribution in [0.25, 0.3) is 0 Å². The quantitative estimate of drug-likeness (QED) is 0.643. The van der Waals surface area contributed by atoms with Gasteiger partial charge in [-0.3, -0.25) is 4.79 Å². The maximum absolute atomic E-state index is 12.5. The van der Waals surface area contributed by atoms with E-state index in [0.29, 0.717) is 24.5 Å². The Kier molecular flexibility index (Phi) is 5.47. The summed E-state index contributed by atoms with van der Waals surface area (Å²) in [6.45, 7) is 1.18. The summed E-state index contributed by atoms with van der Waals surface area (Å²) in [5, 5.41) is 6.15. The molecule has 0 spiro atoms. The van der Waals surface area contributed by atoms with E-state index in [2.05, 4.69) is 15.6 Å². The summed E-state index contributed by atoms with van der Waals surface area (Å²) >= 11 is 0. The first-order chi connectivity index (χ1) is 14.2. The van der Waals surface area contributed by atoms with Crippen molar-refractivity contribution in [1.82, 2.24) is 10.3 Å². The van der Waals surface area contributed by atoms with Crippen LogP contribution >= 0.6 is 0 Å². The second-order valence-corrected chi connectivity index (χ2v) is 6.47. The smallest absolute Gasteiger partial charge is 0.251 e. The Morgan fingerprint density at radius 1 is 1.07 bits per heavy atom. The molecule has 4 rings (SSSR count). The number of nitrogens with zero attached hydrogens (tertiary/aromatic N) is 1. The SMILES string of the molecule is COc1ccccc1CNC(=O)c1ccnc(NCc2ccc3c(c2)OCO3)c1. The molecule has 0 radical (unpaired) electrons. The first-order valence-electron chi connectivity index (χ1n) is 9.21. The molecule has 0 atom stereocenters. The zero-order valence-electron chi connectivity index (χ0n) is 16.0. The van der Waals surface area contributed by atoms with E-state index in [-0.39, 0.29) is 12.7 Å². The van der Waals surface area contributed by atoms with Crippen molar-refractivity contribution in [2.75, 3.05) is 19.2 Å². The molecule has 2 N–H and O–H groups in total. The minimum absolute atomic E-state index is 0.176. The number of hydrogen-bond acceptors (Lipinski definition) is 6. The summed E-state index contributed by atoms with van der Waals surface area (Å²) in [6, 6.07) is 16.8. The van der Waals surface area contributed by atoms with Gasteiger partial charge in [0.25, 0.3) is 5.91 Å². The lowest BCUT2D eigenvalue weighted by Gasteiger charge is -2.11. The molecule has 0 unspecified atom stereocenters. The molecule has 0 bridgehead atoms. The van der Waals surface area contributed by atoms with Gasteiger partial charge in [0.05, 0.1) is 7.11 Å². The van der Waals surface area contributed by atoms with E-state index < -0.39 is 0 Å². The Hall–Kier alpha value is -3.74. The van der Waals surface area contributed by atoms with Crippen LogP contribution in [0.1, 0.15) is 21.5 Å². The molecule has 2 aromatic carbocycles. The lowest BCUT2D eigenvalue weighted by molar-refractivity contribution is 0.0950. The summed E-state index contributed by atoms with van der Waals surface area (Å²) in [4.78, 5) is 16.8. The number of pyridine rings is 1. The van der Waals surface area contributed by atoms with Gasteiger partial charge in [-0.2, -0.15) is 0 Å². The van der Waals surface area contributed by atoms with Crippen molar-refractivity contribution in [2.24, 2.45) is 0 Å². The highest BCUT2D eigenvalue weighted by molar-refractivity contribution is 5.94. The van der Waals surface area contributed by atoms with E-state index >= 15 is 0 Å². The molecule has 148 valence electrons. The highest BCUT2D eigenvalue weighted by Gasteiger charge is 2.13. The van der Waals surface area contributed by atoms with Gasteiger partial charge in [0.2, 0.25) is 6.79 Å². The Labute approximate surface area is 168 Å². The third-order valence-electron chi connectivity index (χ3n) is 4.56. The van der Waals surface area contributed by atoms with Crippen molar-refractivity contribution in [1.29, 1.82) is 0 Å². The van der Waals surface area contributed by atoms with E-state index in [1.54, 1.807) is 25.4 Å². The molecule has 0 saturated carbocycles. The summed E-state index contributed by atoms with van der Waals surface area (Å²) in [5.74, 6) is 2.67. The Balaban J connectivity index is 1.37. The molecular formula is C22H21N3O4. The van der Waals surface area contributed by atoms with Crippen LogP contribution in [0.15, 0.2) is 60.8 Å². The number of amides is 1. The fraction of sp³-hybridized carbons (Fsp3) is 0.182. The number of ether oxygens (including phenoxy) is 3. The van der Waals surface area contributed by atoms with E-state index in [9.17, 15) is 4.79 Å². The number of carbonyl (C=O) groups excluding carboxylic acids is 1. The first kappa shape index (κ1) is 18.6. The van der Waals surface area contributed by atoms with Crippen molar-refractivity contribution in [3.63, 3.8) is 0 Å². The summed E-state index contributed by atoms with van der Waals surface area (Å²) < 4.78 is 16.0. The van der Waals surface area contributed by atoms with E-state index in [4.69, 9.17) is 14.2 Å². The molecular weight excluding hydrogens is 370 g/mol. The van der Waals surface area contributed by atoms with Crippen LogP contribution in [0.4, 0.5) is 5.82 Å². The summed E-state index contributed by atoms with van der Waals surface area (Å²) in [7, 11) is 1.61. The van der Waals surface area contributed by atoms with Gasteiger partial charge in [-0.15, -0.1) is 0 Å². The molecule has 0 aliphatic carbocycles. The molecule has 7 nitrogen and oxygen atoms in total. The van der Waals surface area contributed by atoms with E-state index in [1.807, 2.05) is 42.5 Å². The minimum atomic E-state index is -0.176. The van der Waals surface area contributed by atoms with Crippen LogP contribution in [0, 0.1) is 0 Å². The number of hydrogen-bond donors (Lipinski definition) is 2. The Morgan fingerprint density at radius 3 is 2.83 bits per heavy atom. The van der Waals surface area contributed by atoms with Crippen molar-refractivity contribution in [3.05, 3.63) is 77.5 Å². The maximum atomic E-state index is 12.5. The van der Waals surface area contributed by atoms with Gasteiger partial charge in [-0.05, 0) is 35.9 Å². The number of benzene rings is 2. The van der Waals surface area contributed by atoms with Crippen molar-refractivity contribution in [2.45, 2.75) is 13.1 Å². The Morgan fingerprint density at radius 2 is 1.93 bits per heavy atom. The average Bonchev–Trinajstić information content (AvgIpc) is 3.24. The number of fused-ring (bicyclic) bond motifs is 1. The van der Waals surface area contributed by atoms with Crippen LogP contribution < -0.4 is 24.8 Å². The van der Waals surface area contributed by atoms with E-state index in [0.717, 1.165) is 28.4 Å². The zero-order valence-corrected chi connectivity index (χ0v) is 16.0. The molecule has 0 saturated heterocycles. The van der Waals surface area contributed by atoms with Crippen LogP contribution in [-0.4, -0.2) is 24.8 Å². The largest absolute Gasteiger partial charge is 0.496 e. The standard InChI is InChI=1S/C22H21N3O4/c1-27-18-5-3-2-4-17(18)13-25-22(26)16-8-9-23-21(11-16)24-12-15-6-7-19-20(10-15)29-14-28-19/h2-11H,12-14H2,1H3,(H,23,24)(H,25,26). The normalized spacial score (nSPS) is 11.8. The highest BCUT2D eigenvalue weighted by atomic mass is 16.7. The van der Waals surface area contributed by atoms with Gasteiger partial charge >= 0.3 is 0 Å². The number of rotatable bonds is 7. The lowest BCUT2D eigenvalue weighted by Crippen LogP contribution is -2.23. The molecule has 0 fully saturated rings. The average molecular weight is 391 g/mol. The first-order valence-corrected chi connectivity index (χ1v) is 9.21. The predicted molar refractivity (Wildman–Crippen MR) is 108 cm³/mol. The van der Waals surface area contributed by atoms with Gasteiger partial charge in [0, 0.05) is 30.4 Å². The molecule has 3 aromatic rings. The van der Waals surface area contributed by atoms with Crippen LogP contribution in [0.2, 0.25) is 0 Å². The third-order valence-corrected chi connectivity index (χ3v) is 4.56. The van der Waals surface area contributed by atoms with Gasteiger partial charge in [-0.1, -0.05) is 24.3 Å². The van der Waals surface area contributed by atoms with Gasteiger partial charge in [-0.25, -0.2) is 4.98 Å². The summed E-state index contributed by atoms with van der Waals surface area (Å²) in [5.41, 5.74) is 2.48. The summed E-state index contributed by atoms with van der Waals surface area (Å²) in [6.07, 6.45) is 1.61. The monoisotopic (exact) mass is 391 g/mol. The molecule has 2 heterocycles. The van der Waals surface area contributed by atoms with Crippen molar-refractivity contribution < 1.29 is 19.0 Å². The molecule has 1 aromatic heterocycles. The lowest BCUT2D eigenvalue weighted by atomic mass is 10.2. The fourth-order valence-corrected chi connectivity index (χ4v) is 3.04. The number of nitrogens with one attached hydrogen (secondary N) is 2. The molecule has 1 amide bonds. The third kappa shape index (κ3) is 4.40. The molecule has 1 aliphatic heterocycles. The molecule has 1 aliphatic rings. The van der Waals surface area contributed by atoms with Crippen molar-refractivity contribution in [3.8, 4) is 17.2 Å². The van der Waals surface area contributed by atoms with Gasteiger partial charge < -0.3 is 24.8 Å². The number of para-hydroxylation sites is 1. The second kappa shape index (κ2) is 8.52. The predicted octanol–water partition coefficient (Wildman–Crippen LogP) is 3.36. The number of aromatic nitrogens is 1. The highest BCUT2D eigenvalue weighted by Crippen LogP contribution is 2.32. The fourth-order valence-electron chi connectivity index (χ4n) is 3.04. The van der Waals surface area contributed by atoms with Crippen LogP contribution in [0.5, 0.6) is 17.2 Å². The van der Waals surface area contributed by atoms with Crippen LogP contribution in [-0.2, 0) is 13.1 Å². The Bertz CT molecular complexity index is 1020. The zero-order chi connectivity index (χ0) is 20.1. The number of anilines is 1. The molecule has 29 heavy (non-hydrogen) atoms. The van der Waals surface area contributed by atoms with Gasteiger partial charge in [0.1, 0.15) is 11.6 Å². The maximum Gasteiger partial charge on any atom is 0.251 e. The topological polar surface area (TPSA) is 81.7 Å². The van der Waals surface area contributed by atoms with Crippen molar-refractivity contribution >= 4 is 11.7 Å². The van der Waals surface area contributed by atoms with E-state index in [1.165, 1.54) is 0 Å². The van der Waals surface area contributed by atoms with Gasteiger partial charge in [0.15, 0.2) is 11.5 Å².